The number of carbonyl (C=O) groups excluding carboxylic acids is 1. The first-order chi connectivity index (χ1) is 16.7. The van der Waals surface area contributed by atoms with Crippen LogP contribution in [0.5, 0.6) is 0 Å². The summed E-state index contributed by atoms with van der Waals surface area (Å²) in [5.41, 5.74) is 3.05. The molecule has 0 amide bonds. The monoisotopic (exact) mass is 470 g/mol. The molecule has 170 valence electrons. The number of thiocarbonyl (C=S) groups is 1. The van der Waals surface area contributed by atoms with Crippen LogP contribution in [0, 0.1) is 0 Å². The van der Waals surface area contributed by atoms with E-state index in [1.54, 1.807) is 30.7 Å². The fraction of sp³-hybridized carbons (Fsp3) is 0.154. The predicted octanol–water partition coefficient (Wildman–Crippen LogP) is 4.70. The van der Waals surface area contributed by atoms with Crippen LogP contribution >= 0.6 is 12.2 Å². The van der Waals surface area contributed by atoms with E-state index in [9.17, 15) is 4.79 Å². The van der Waals surface area contributed by atoms with E-state index in [0.717, 1.165) is 11.3 Å². The second-order valence-corrected chi connectivity index (χ2v) is 8.24. The second-order valence-electron chi connectivity index (χ2n) is 7.85. The summed E-state index contributed by atoms with van der Waals surface area (Å²) >= 11 is 5.73. The molecule has 4 heterocycles. The van der Waals surface area contributed by atoms with Crippen molar-refractivity contribution in [3.63, 3.8) is 0 Å². The summed E-state index contributed by atoms with van der Waals surface area (Å²) in [7, 11) is 1.37. The molecular weight excluding hydrogens is 448 g/mol. The minimum Gasteiger partial charge on any atom is -0.465 e. The number of aromatic nitrogens is 2. The highest BCUT2D eigenvalue weighted by molar-refractivity contribution is 7.80. The number of hydrogen-bond acceptors (Lipinski definition) is 6. The minimum atomic E-state index is -0.414. The van der Waals surface area contributed by atoms with Gasteiger partial charge < -0.3 is 19.4 Å². The van der Waals surface area contributed by atoms with Crippen molar-refractivity contribution in [1.82, 2.24) is 20.2 Å². The van der Waals surface area contributed by atoms with Gasteiger partial charge in [0.1, 0.15) is 17.6 Å². The van der Waals surface area contributed by atoms with E-state index in [0.29, 0.717) is 34.3 Å². The van der Waals surface area contributed by atoms with E-state index in [2.05, 4.69) is 20.2 Å². The lowest BCUT2D eigenvalue weighted by Crippen LogP contribution is -2.29. The van der Waals surface area contributed by atoms with E-state index in [-0.39, 0.29) is 12.1 Å². The number of hydrogen-bond donors (Lipinski definition) is 1. The Labute approximate surface area is 202 Å². The summed E-state index contributed by atoms with van der Waals surface area (Å²) in [5, 5.41) is 4.04. The summed E-state index contributed by atoms with van der Waals surface area (Å²) in [4.78, 5) is 23.1. The molecule has 4 aromatic rings. The van der Waals surface area contributed by atoms with Crippen LogP contribution in [0.15, 0.2) is 89.7 Å². The number of methoxy groups -OCH3 is 1. The maximum Gasteiger partial charge on any atom is 0.338 e. The Bertz CT molecular complexity index is 1310. The quantitative estimate of drug-likeness (QED) is 0.321. The van der Waals surface area contributed by atoms with E-state index in [1.165, 1.54) is 7.11 Å². The first-order valence-electron chi connectivity index (χ1n) is 10.8. The van der Waals surface area contributed by atoms with Gasteiger partial charge in [-0.25, -0.2) is 4.79 Å². The van der Waals surface area contributed by atoms with Crippen molar-refractivity contribution in [3.05, 3.63) is 108 Å². The van der Waals surface area contributed by atoms with Crippen molar-refractivity contribution in [3.8, 4) is 11.3 Å². The van der Waals surface area contributed by atoms with Gasteiger partial charge in [0.2, 0.25) is 0 Å². The molecule has 7 nitrogen and oxygen atoms in total. The molecule has 1 N–H and O–H groups in total. The average molecular weight is 471 g/mol. The Morgan fingerprint density at radius 2 is 1.85 bits per heavy atom. The first kappa shape index (κ1) is 21.8. The van der Waals surface area contributed by atoms with Gasteiger partial charge in [0, 0.05) is 30.7 Å². The van der Waals surface area contributed by atoms with Crippen molar-refractivity contribution in [2.75, 3.05) is 7.11 Å². The number of nitrogens with zero attached hydrogens (tertiary/aromatic N) is 3. The molecule has 0 bridgehead atoms. The van der Waals surface area contributed by atoms with E-state index < -0.39 is 5.97 Å². The van der Waals surface area contributed by atoms with Crippen molar-refractivity contribution < 1.29 is 13.9 Å². The fourth-order valence-corrected chi connectivity index (χ4v) is 4.52. The number of pyridine rings is 2. The topological polar surface area (TPSA) is 80.5 Å². The lowest BCUT2D eigenvalue weighted by Gasteiger charge is -2.26. The number of benzene rings is 1. The molecule has 0 spiro atoms. The van der Waals surface area contributed by atoms with Crippen LogP contribution in [0.2, 0.25) is 0 Å². The molecular formula is C26H22N4O3S. The van der Waals surface area contributed by atoms with Crippen molar-refractivity contribution in [2.45, 2.75) is 18.6 Å². The predicted molar refractivity (Wildman–Crippen MR) is 131 cm³/mol. The Kier molecular flexibility index (Phi) is 6.05. The van der Waals surface area contributed by atoms with Crippen LogP contribution in [0.4, 0.5) is 0 Å². The highest BCUT2D eigenvalue weighted by Crippen LogP contribution is 2.41. The van der Waals surface area contributed by atoms with Crippen LogP contribution < -0.4 is 5.32 Å². The standard InChI is InChI=1S/C26H22N4O3S/c1-32-25(31)19-7-3-2-6-18(19)21-9-10-22(33-21)24-23(20-8-4-5-13-28-20)29-26(34)30(24)16-17-11-14-27-15-12-17/h2-15,23-24H,16H2,1H3,(H,29,34)/t23-,24-/m0/s1. The molecule has 1 saturated heterocycles. The molecule has 1 fully saturated rings. The summed E-state index contributed by atoms with van der Waals surface area (Å²) in [6, 6.07) is 20.3. The average Bonchev–Trinajstić information content (AvgIpc) is 3.49. The van der Waals surface area contributed by atoms with E-state index in [1.807, 2.05) is 54.6 Å². The molecule has 5 rings (SSSR count). The van der Waals surface area contributed by atoms with Crippen LogP contribution in [0.1, 0.15) is 39.5 Å². The first-order valence-corrected chi connectivity index (χ1v) is 11.2. The number of nitrogens with one attached hydrogen (secondary N) is 1. The Morgan fingerprint density at radius 3 is 2.62 bits per heavy atom. The summed E-state index contributed by atoms with van der Waals surface area (Å²) < 4.78 is 11.3. The zero-order valence-electron chi connectivity index (χ0n) is 18.4. The molecule has 3 aromatic heterocycles. The van der Waals surface area contributed by atoms with Gasteiger partial charge in [-0.1, -0.05) is 24.3 Å². The number of carbonyl (C=O) groups is 1. The third kappa shape index (κ3) is 4.15. The Balaban J connectivity index is 1.55. The van der Waals surface area contributed by atoms with Crippen molar-refractivity contribution in [2.24, 2.45) is 0 Å². The Morgan fingerprint density at radius 1 is 1.06 bits per heavy atom. The minimum absolute atomic E-state index is 0.203. The normalized spacial score (nSPS) is 17.4. The molecule has 34 heavy (non-hydrogen) atoms. The summed E-state index contributed by atoms with van der Waals surface area (Å²) in [6.45, 7) is 0.580. The SMILES string of the molecule is COC(=O)c1ccccc1-c1ccc([C@H]2[C@H](c3ccccn3)NC(=S)N2Cc2ccncc2)o1. The van der Waals surface area contributed by atoms with E-state index in [4.69, 9.17) is 21.4 Å². The highest BCUT2D eigenvalue weighted by atomic mass is 32.1. The van der Waals surface area contributed by atoms with Crippen molar-refractivity contribution in [1.29, 1.82) is 0 Å². The van der Waals surface area contributed by atoms with Crippen LogP contribution in [0.3, 0.4) is 0 Å². The molecule has 0 radical (unpaired) electrons. The molecule has 2 atom stereocenters. The maximum atomic E-state index is 12.3. The third-order valence-electron chi connectivity index (χ3n) is 5.82. The van der Waals surface area contributed by atoms with Gasteiger partial charge in [-0.05, 0) is 60.2 Å². The van der Waals surface area contributed by atoms with Crippen molar-refractivity contribution >= 4 is 23.3 Å². The fourth-order valence-electron chi connectivity index (χ4n) is 4.21. The van der Waals surface area contributed by atoms with Gasteiger partial charge >= 0.3 is 5.97 Å². The van der Waals surface area contributed by atoms with Gasteiger partial charge in [-0.3, -0.25) is 9.97 Å². The smallest absolute Gasteiger partial charge is 0.338 e. The maximum absolute atomic E-state index is 12.3. The Hall–Kier alpha value is -4.04. The molecule has 0 aliphatic carbocycles. The number of esters is 1. The zero-order chi connectivity index (χ0) is 23.5. The molecule has 1 aliphatic heterocycles. The zero-order valence-corrected chi connectivity index (χ0v) is 19.2. The van der Waals surface area contributed by atoms with Crippen LogP contribution in [-0.2, 0) is 11.3 Å². The van der Waals surface area contributed by atoms with Crippen LogP contribution in [-0.4, -0.2) is 33.1 Å². The van der Waals surface area contributed by atoms with Gasteiger partial charge in [-0.2, -0.15) is 0 Å². The van der Waals surface area contributed by atoms with Gasteiger partial charge in [0.05, 0.1) is 24.4 Å². The largest absolute Gasteiger partial charge is 0.465 e. The molecule has 0 unspecified atom stereocenters. The second kappa shape index (κ2) is 9.44. The number of furan rings is 1. The van der Waals surface area contributed by atoms with E-state index >= 15 is 0 Å². The summed E-state index contributed by atoms with van der Waals surface area (Å²) in [6.07, 6.45) is 5.30. The van der Waals surface area contributed by atoms with Gasteiger partial charge in [0.15, 0.2) is 5.11 Å². The highest BCUT2D eigenvalue weighted by Gasteiger charge is 2.41. The summed E-state index contributed by atoms with van der Waals surface area (Å²) in [5.74, 6) is 0.882. The molecule has 1 aliphatic rings. The van der Waals surface area contributed by atoms with Crippen LogP contribution in [0.25, 0.3) is 11.3 Å². The lowest BCUT2D eigenvalue weighted by atomic mass is 10.0. The third-order valence-corrected chi connectivity index (χ3v) is 6.17. The molecule has 0 saturated carbocycles. The van der Waals surface area contributed by atoms with Gasteiger partial charge in [0.25, 0.3) is 0 Å². The number of ether oxygens (including phenoxy) is 1. The van der Waals surface area contributed by atoms with Gasteiger partial charge in [-0.15, -0.1) is 0 Å². The molecule has 1 aromatic carbocycles. The molecule has 8 heteroatoms. The number of rotatable bonds is 6. The lowest BCUT2D eigenvalue weighted by molar-refractivity contribution is 0.0601.